The molecule has 18 heavy (non-hydrogen) atoms. The maximum absolute atomic E-state index is 10.3. The van der Waals surface area contributed by atoms with Gasteiger partial charge in [-0.2, -0.15) is 5.26 Å². The van der Waals surface area contributed by atoms with Gasteiger partial charge in [0.2, 0.25) is 0 Å². The molecule has 1 aliphatic heterocycles. The minimum absolute atomic E-state index is 0.605. The summed E-state index contributed by atoms with van der Waals surface area (Å²) in [6.07, 6.45) is -0.617. The van der Waals surface area contributed by atoms with E-state index in [1.807, 2.05) is 6.07 Å². The molecule has 0 saturated heterocycles. The van der Waals surface area contributed by atoms with Gasteiger partial charge in [0.1, 0.15) is 6.10 Å². The lowest BCUT2D eigenvalue weighted by atomic mass is 10.1. The molecule has 0 spiro atoms. The second-order valence-electron chi connectivity index (χ2n) is 4.23. The van der Waals surface area contributed by atoms with E-state index in [1.165, 1.54) is 10.4 Å². The van der Waals surface area contributed by atoms with Crippen LogP contribution in [0.1, 0.15) is 32.5 Å². The Morgan fingerprint density at radius 2 is 2.06 bits per heavy atom. The summed E-state index contributed by atoms with van der Waals surface area (Å²) >= 11 is 1.59. The molecule has 4 heteroatoms. The second kappa shape index (κ2) is 4.54. The molecular weight excluding hydrogens is 246 g/mol. The number of rotatable bonds is 2. The van der Waals surface area contributed by atoms with Gasteiger partial charge in [0, 0.05) is 9.75 Å². The van der Waals surface area contributed by atoms with E-state index in [9.17, 15) is 5.11 Å². The SMILES string of the molecule is N#Cc1ccc([C@H](O)c2cc3c(s2)COC3)cc1. The Morgan fingerprint density at radius 3 is 2.72 bits per heavy atom. The van der Waals surface area contributed by atoms with Gasteiger partial charge in [-0.1, -0.05) is 12.1 Å². The van der Waals surface area contributed by atoms with Crippen molar-refractivity contribution in [2.75, 3.05) is 0 Å². The number of hydrogen-bond donors (Lipinski definition) is 1. The summed E-state index contributed by atoms with van der Waals surface area (Å²) in [5.74, 6) is 0. The summed E-state index contributed by atoms with van der Waals surface area (Å²) < 4.78 is 5.32. The zero-order valence-electron chi connectivity index (χ0n) is 9.59. The predicted molar refractivity (Wildman–Crippen MR) is 68.0 cm³/mol. The number of thiophene rings is 1. The third kappa shape index (κ3) is 1.93. The zero-order chi connectivity index (χ0) is 12.5. The number of nitrogens with zero attached hydrogens (tertiary/aromatic N) is 1. The summed E-state index contributed by atoms with van der Waals surface area (Å²) in [5.41, 5.74) is 2.60. The minimum atomic E-state index is -0.617. The number of aliphatic hydroxyl groups is 1. The van der Waals surface area contributed by atoms with Gasteiger partial charge in [0.25, 0.3) is 0 Å². The summed E-state index contributed by atoms with van der Waals surface area (Å²) in [5, 5.41) is 19.0. The van der Waals surface area contributed by atoms with Crippen LogP contribution in [0.15, 0.2) is 30.3 Å². The average Bonchev–Trinajstić information content (AvgIpc) is 2.99. The van der Waals surface area contributed by atoms with Gasteiger partial charge >= 0.3 is 0 Å². The van der Waals surface area contributed by atoms with Crippen LogP contribution in [0.25, 0.3) is 0 Å². The van der Waals surface area contributed by atoms with Crippen molar-refractivity contribution in [3.05, 3.63) is 56.8 Å². The Balaban J connectivity index is 1.88. The lowest BCUT2D eigenvalue weighted by Crippen LogP contribution is -1.97. The highest BCUT2D eigenvalue weighted by Crippen LogP contribution is 2.35. The van der Waals surface area contributed by atoms with Crippen molar-refractivity contribution in [2.24, 2.45) is 0 Å². The highest BCUT2D eigenvalue weighted by atomic mass is 32.1. The molecule has 0 saturated carbocycles. The molecule has 0 fully saturated rings. The Morgan fingerprint density at radius 1 is 1.28 bits per heavy atom. The van der Waals surface area contributed by atoms with Crippen LogP contribution in [0.5, 0.6) is 0 Å². The van der Waals surface area contributed by atoms with Crippen LogP contribution in [0.3, 0.4) is 0 Å². The van der Waals surface area contributed by atoms with Gasteiger partial charge in [-0.3, -0.25) is 0 Å². The maximum atomic E-state index is 10.3. The van der Waals surface area contributed by atoms with Gasteiger partial charge < -0.3 is 9.84 Å². The predicted octanol–water partition coefficient (Wildman–Crippen LogP) is 2.73. The van der Waals surface area contributed by atoms with E-state index in [2.05, 4.69) is 6.07 Å². The summed E-state index contributed by atoms with van der Waals surface area (Å²) in [4.78, 5) is 2.14. The summed E-state index contributed by atoms with van der Waals surface area (Å²) in [6, 6.07) is 11.1. The van der Waals surface area contributed by atoms with E-state index in [0.29, 0.717) is 18.8 Å². The van der Waals surface area contributed by atoms with Crippen LogP contribution in [-0.4, -0.2) is 5.11 Å². The molecule has 3 nitrogen and oxygen atoms in total. The first-order valence-corrected chi connectivity index (χ1v) is 6.47. The zero-order valence-corrected chi connectivity index (χ0v) is 10.4. The third-order valence-corrected chi connectivity index (χ3v) is 4.23. The Hall–Kier alpha value is -1.67. The normalized spacial score (nSPS) is 15.1. The molecule has 0 amide bonds. The van der Waals surface area contributed by atoms with E-state index < -0.39 is 6.10 Å². The molecule has 2 heterocycles. The van der Waals surface area contributed by atoms with E-state index in [0.717, 1.165) is 10.4 Å². The molecule has 1 aliphatic rings. The van der Waals surface area contributed by atoms with Crippen molar-refractivity contribution < 1.29 is 9.84 Å². The first-order chi connectivity index (χ1) is 8.78. The van der Waals surface area contributed by atoms with Gasteiger partial charge in [-0.05, 0) is 29.3 Å². The topological polar surface area (TPSA) is 53.2 Å². The fourth-order valence-electron chi connectivity index (χ4n) is 2.03. The molecule has 90 valence electrons. The smallest absolute Gasteiger partial charge is 0.113 e. The van der Waals surface area contributed by atoms with Crippen LogP contribution in [0.2, 0.25) is 0 Å². The highest BCUT2D eigenvalue weighted by Gasteiger charge is 2.20. The van der Waals surface area contributed by atoms with Crippen molar-refractivity contribution in [1.29, 1.82) is 5.26 Å². The number of ether oxygens (including phenoxy) is 1. The molecule has 0 aliphatic carbocycles. The molecule has 0 radical (unpaired) electrons. The number of aliphatic hydroxyl groups excluding tert-OH is 1. The van der Waals surface area contributed by atoms with Crippen molar-refractivity contribution in [1.82, 2.24) is 0 Å². The van der Waals surface area contributed by atoms with E-state index >= 15 is 0 Å². The summed E-state index contributed by atoms with van der Waals surface area (Å²) in [6.45, 7) is 1.30. The highest BCUT2D eigenvalue weighted by molar-refractivity contribution is 7.12. The van der Waals surface area contributed by atoms with Crippen LogP contribution in [-0.2, 0) is 18.0 Å². The number of fused-ring (bicyclic) bond motifs is 1. The molecule has 2 aromatic rings. The van der Waals surface area contributed by atoms with Gasteiger partial charge in [0.05, 0.1) is 24.8 Å². The van der Waals surface area contributed by atoms with Crippen molar-refractivity contribution in [2.45, 2.75) is 19.3 Å². The lowest BCUT2D eigenvalue weighted by Gasteiger charge is -2.08. The monoisotopic (exact) mass is 257 g/mol. The summed E-state index contributed by atoms with van der Waals surface area (Å²) in [7, 11) is 0. The third-order valence-electron chi connectivity index (χ3n) is 3.03. The molecule has 1 N–H and O–H groups in total. The van der Waals surface area contributed by atoms with E-state index in [4.69, 9.17) is 10.00 Å². The van der Waals surface area contributed by atoms with Gasteiger partial charge in [-0.25, -0.2) is 0 Å². The Kier molecular flexibility index (Phi) is 2.88. The molecule has 1 aromatic heterocycles. The van der Waals surface area contributed by atoms with Crippen LogP contribution >= 0.6 is 11.3 Å². The fraction of sp³-hybridized carbons (Fsp3) is 0.214. The molecule has 1 aromatic carbocycles. The molecule has 0 bridgehead atoms. The Labute approximate surface area is 109 Å². The quantitative estimate of drug-likeness (QED) is 0.900. The standard InChI is InChI=1S/C14H11NO2S/c15-6-9-1-3-10(4-2-9)14(16)12-5-11-7-17-8-13(11)18-12/h1-5,14,16H,7-8H2/t14-/m0/s1. The van der Waals surface area contributed by atoms with Crippen molar-refractivity contribution in [3.8, 4) is 6.07 Å². The van der Waals surface area contributed by atoms with Crippen molar-refractivity contribution in [3.63, 3.8) is 0 Å². The lowest BCUT2D eigenvalue weighted by molar-refractivity contribution is 0.135. The van der Waals surface area contributed by atoms with Gasteiger partial charge in [-0.15, -0.1) is 11.3 Å². The number of benzene rings is 1. The second-order valence-corrected chi connectivity index (χ2v) is 5.39. The fourth-order valence-corrected chi connectivity index (χ4v) is 3.15. The maximum Gasteiger partial charge on any atom is 0.113 e. The minimum Gasteiger partial charge on any atom is -0.383 e. The molecule has 3 rings (SSSR count). The number of hydrogen-bond acceptors (Lipinski definition) is 4. The first-order valence-electron chi connectivity index (χ1n) is 5.65. The first kappa shape index (κ1) is 11.4. The van der Waals surface area contributed by atoms with Crippen LogP contribution < -0.4 is 0 Å². The van der Waals surface area contributed by atoms with Gasteiger partial charge in [0.15, 0.2) is 0 Å². The van der Waals surface area contributed by atoms with E-state index in [-0.39, 0.29) is 0 Å². The molecule has 0 unspecified atom stereocenters. The molecular formula is C14H11NO2S. The van der Waals surface area contributed by atoms with Crippen LogP contribution in [0.4, 0.5) is 0 Å². The number of nitriles is 1. The largest absolute Gasteiger partial charge is 0.383 e. The Bertz CT molecular complexity index is 588. The van der Waals surface area contributed by atoms with E-state index in [1.54, 1.807) is 35.6 Å². The van der Waals surface area contributed by atoms with Crippen molar-refractivity contribution >= 4 is 11.3 Å². The average molecular weight is 257 g/mol. The molecule has 1 atom stereocenters. The van der Waals surface area contributed by atoms with Crippen LogP contribution in [0, 0.1) is 11.3 Å².